The fourth-order valence-electron chi connectivity index (χ4n) is 2.64. The van der Waals surface area contributed by atoms with Gasteiger partial charge in [-0.05, 0) is 11.6 Å². The lowest BCUT2D eigenvalue weighted by Crippen LogP contribution is -2.46. The first kappa shape index (κ1) is 19.0. The fraction of sp³-hybridized carbons (Fsp3) is 0.562. The molecule has 1 aliphatic heterocycles. The van der Waals surface area contributed by atoms with Crippen LogP contribution in [-0.2, 0) is 16.4 Å². The van der Waals surface area contributed by atoms with Crippen molar-refractivity contribution in [3.8, 4) is 0 Å². The standard InChI is InChI=1S/C16H25ClN4O2S/c1-18-16(20(2)13-14-5-3-4-6-15(14)17)19-7-8-21-9-11-24(22,23)12-10-21/h3-6H,7-13H2,1-2H3,(H,18,19). The highest BCUT2D eigenvalue weighted by molar-refractivity contribution is 7.91. The number of aliphatic imine (C=N–C) groups is 1. The first-order chi connectivity index (χ1) is 11.4. The van der Waals surface area contributed by atoms with Crippen LogP contribution >= 0.6 is 11.6 Å². The lowest BCUT2D eigenvalue weighted by atomic mass is 10.2. The zero-order valence-corrected chi connectivity index (χ0v) is 15.8. The number of halogens is 1. The zero-order chi connectivity index (χ0) is 17.6. The Hall–Kier alpha value is -1.31. The van der Waals surface area contributed by atoms with Crippen molar-refractivity contribution in [2.24, 2.45) is 4.99 Å². The van der Waals surface area contributed by atoms with Gasteiger partial charge in [0.15, 0.2) is 15.8 Å². The Morgan fingerprint density at radius 1 is 1.33 bits per heavy atom. The predicted octanol–water partition coefficient (Wildman–Crippen LogP) is 1.08. The Kier molecular flexibility index (Phi) is 6.89. The molecule has 1 N–H and O–H groups in total. The number of benzene rings is 1. The number of hydrogen-bond donors (Lipinski definition) is 1. The third-order valence-corrected chi connectivity index (χ3v) is 6.06. The molecule has 1 saturated heterocycles. The summed E-state index contributed by atoms with van der Waals surface area (Å²) in [6.07, 6.45) is 0. The van der Waals surface area contributed by atoms with Crippen LogP contribution in [0.1, 0.15) is 5.56 Å². The minimum Gasteiger partial charge on any atom is -0.355 e. The number of guanidine groups is 1. The molecule has 134 valence electrons. The fourth-order valence-corrected chi connectivity index (χ4v) is 4.11. The predicted molar refractivity (Wildman–Crippen MR) is 99.4 cm³/mol. The molecule has 2 rings (SSSR count). The largest absolute Gasteiger partial charge is 0.355 e. The minimum absolute atomic E-state index is 0.258. The van der Waals surface area contributed by atoms with Gasteiger partial charge in [0.05, 0.1) is 11.5 Å². The van der Waals surface area contributed by atoms with Gasteiger partial charge in [-0.15, -0.1) is 0 Å². The van der Waals surface area contributed by atoms with Crippen LogP contribution in [0.4, 0.5) is 0 Å². The van der Waals surface area contributed by atoms with Crippen LogP contribution < -0.4 is 5.32 Å². The molecule has 24 heavy (non-hydrogen) atoms. The average Bonchev–Trinajstić information content (AvgIpc) is 2.55. The van der Waals surface area contributed by atoms with Crippen molar-refractivity contribution in [2.75, 3.05) is 51.8 Å². The molecular formula is C16H25ClN4O2S. The summed E-state index contributed by atoms with van der Waals surface area (Å²) in [5.74, 6) is 1.31. The number of nitrogens with one attached hydrogen (secondary N) is 1. The van der Waals surface area contributed by atoms with Gasteiger partial charge in [0.2, 0.25) is 0 Å². The van der Waals surface area contributed by atoms with E-state index >= 15 is 0 Å². The summed E-state index contributed by atoms with van der Waals surface area (Å²) < 4.78 is 22.9. The van der Waals surface area contributed by atoms with E-state index in [1.54, 1.807) is 7.05 Å². The maximum absolute atomic E-state index is 11.4. The topological polar surface area (TPSA) is 65.0 Å². The third-order valence-electron chi connectivity index (χ3n) is 4.09. The van der Waals surface area contributed by atoms with Gasteiger partial charge < -0.3 is 10.2 Å². The van der Waals surface area contributed by atoms with E-state index in [2.05, 4.69) is 15.2 Å². The first-order valence-corrected chi connectivity index (χ1v) is 10.2. The Bertz CT molecular complexity index is 664. The molecule has 1 heterocycles. The van der Waals surface area contributed by atoms with Gasteiger partial charge in [0.1, 0.15) is 0 Å². The van der Waals surface area contributed by atoms with E-state index in [1.165, 1.54) is 0 Å². The molecule has 0 radical (unpaired) electrons. The van der Waals surface area contributed by atoms with Crippen LogP contribution in [0.5, 0.6) is 0 Å². The van der Waals surface area contributed by atoms with E-state index in [4.69, 9.17) is 11.6 Å². The van der Waals surface area contributed by atoms with Crippen molar-refractivity contribution in [3.63, 3.8) is 0 Å². The van der Waals surface area contributed by atoms with Crippen LogP contribution in [0.3, 0.4) is 0 Å². The summed E-state index contributed by atoms with van der Waals surface area (Å²) in [4.78, 5) is 8.47. The normalized spacial score (nSPS) is 18.4. The molecule has 0 aromatic heterocycles. The molecular weight excluding hydrogens is 348 g/mol. The molecule has 1 aromatic carbocycles. The quantitative estimate of drug-likeness (QED) is 0.619. The van der Waals surface area contributed by atoms with Crippen molar-refractivity contribution >= 4 is 27.4 Å². The van der Waals surface area contributed by atoms with Crippen LogP contribution in [0.25, 0.3) is 0 Å². The number of rotatable bonds is 5. The van der Waals surface area contributed by atoms with Crippen molar-refractivity contribution in [1.29, 1.82) is 0 Å². The lowest BCUT2D eigenvalue weighted by molar-refractivity contribution is 0.298. The van der Waals surface area contributed by atoms with Gasteiger partial charge in [-0.2, -0.15) is 0 Å². The first-order valence-electron chi connectivity index (χ1n) is 7.99. The molecule has 0 spiro atoms. The number of nitrogens with zero attached hydrogens (tertiary/aromatic N) is 3. The molecule has 1 aromatic rings. The molecule has 0 atom stereocenters. The van der Waals surface area contributed by atoms with Gasteiger partial charge in [-0.25, -0.2) is 8.42 Å². The molecule has 6 nitrogen and oxygen atoms in total. The summed E-state index contributed by atoms with van der Waals surface area (Å²) in [6, 6.07) is 7.76. The van der Waals surface area contributed by atoms with E-state index in [-0.39, 0.29) is 11.5 Å². The van der Waals surface area contributed by atoms with Crippen molar-refractivity contribution in [2.45, 2.75) is 6.54 Å². The van der Waals surface area contributed by atoms with E-state index < -0.39 is 9.84 Å². The molecule has 0 bridgehead atoms. The summed E-state index contributed by atoms with van der Waals surface area (Å²) >= 11 is 6.20. The van der Waals surface area contributed by atoms with Crippen LogP contribution in [0, 0.1) is 0 Å². The van der Waals surface area contributed by atoms with E-state index in [0.717, 1.165) is 29.6 Å². The average molecular weight is 373 g/mol. The summed E-state index contributed by atoms with van der Waals surface area (Å²) in [5.41, 5.74) is 1.05. The summed E-state index contributed by atoms with van der Waals surface area (Å²) in [7, 11) is 0.893. The summed E-state index contributed by atoms with van der Waals surface area (Å²) in [6.45, 7) is 3.41. The second-order valence-electron chi connectivity index (χ2n) is 5.91. The third kappa shape index (κ3) is 5.65. The number of sulfone groups is 1. The Labute approximate surface area is 149 Å². The van der Waals surface area contributed by atoms with Gasteiger partial charge in [0.25, 0.3) is 0 Å². The molecule has 8 heteroatoms. The molecule has 1 fully saturated rings. The molecule has 1 aliphatic rings. The van der Waals surface area contributed by atoms with Crippen molar-refractivity contribution in [3.05, 3.63) is 34.9 Å². The SMILES string of the molecule is CN=C(NCCN1CCS(=O)(=O)CC1)N(C)Cc1ccccc1Cl. The highest BCUT2D eigenvalue weighted by Gasteiger charge is 2.21. The van der Waals surface area contributed by atoms with Crippen molar-refractivity contribution in [1.82, 2.24) is 15.1 Å². The Morgan fingerprint density at radius 2 is 2.00 bits per heavy atom. The van der Waals surface area contributed by atoms with E-state index in [1.807, 2.05) is 36.2 Å². The van der Waals surface area contributed by atoms with Crippen LogP contribution in [0.15, 0.2) is 29.3 Å². The smallest absolute Gasteiger partial charge is 0.193 e. The Balaban J connectivity index is 1.79. The van der Waals surface area contributed by atoms with Gasteiger partial charge in [-0.3, -0.25) is 9.89 Å². The second-order valence-corrected chi connectivity index (χ2v) is 8.63. The number of hydrogen-bond acceptors (Lipinski definition) is 4. The van der Waals surface area contributed by atoms with Gasteiger partial charge >= 0.3 is 0 Å². The highest BCUT2D eigenvalue weighted by atomic mass is 35.5. The zero-order valence-electron chi connectivity index (χ0n) is 14.2. The van der Waals surface area contributed by atoms with Crippen molar-refractivity contribution < 1.29 is 8.42 Å². The maximum Gasteiger partial charge on any atom is 0.193 e. The van der Waals surface area contributed by atoms with Gasteiger partial charge in [0, 0.05) is 51.8 Å². The van der Waals surface area contributed by atoms with E-state index in [9.17, 15) is 8.42 Å². The van der Waals surface area contributed by atoms with Crippen LogP contribution in [0.2, 0.25) is 5.02 Å². The molecule has 0 saturated carbocycles. The second kappa shape index (κ2) is 8.69. The van der Waals surface area contributed by atoms with E-state index in [0.29, 0.717) is 19.6 Å². The van der Waals surface area contributed by atoms with Gasteiger partial charge in [-0.1, -0.05) is 29.8 Å². The lowest BCUT2D eigenvalue weighted by Gasteiger charge is -2.28. The molecule has 0 aliphatic carbocycles. The molecule has 0 unspecified atom stereocenters. The van der Waals surface area contributed by atoms with Crippen LogP contribution in [-0.4, -0.2) is 76.0 Å². The Morgan fingerprint density at radius 3 is 2.62 bits per heavy atom. The minimum atomic E-state index is -2.82. The molecule has 0 amide bonds. The maximum atomic E-state index is 11.4. The summed E-state index contributed by atoms with van der Waals surface area (Å²) in [5, 5.41) is 4.06. The highest BCUT2D eigenvalue weighted by Crippen LogP contribution is 2.16. The monoisotopic (exact) mass is 372 g/mol.